The predicted octanol–water partition coefficient (Wildman–Crippen LogP) is 2.90. The van der Waals surface area contributed by atoms with E-state index in [0.29, 0.717) is 11.1 Å². The summed E-state index contributed by atoms with van der Waals surface area (Å²) in [5, 5.41) is 3.41. The molecule has 4 nitrogen and oxygen atoms in total. The van der Waals surface area contributed by atoms with Crippen molar-refractivity contribution in [2.24, 2.45) is 5.92 Å². The minimum atomic E-state index is -0.205. The Morgan fingerprint density at radius 3 is 2.55 bits per heavy atom. The van der Waals surface area contributed by atoms with Crippen molar-refractivity contribution in [2.75, 3.05) is 18.9 Å². The van der Waals surface area contributed by atoms with Gasteiger partial charge in [0.15, 0.2) is 0 Å². The van der Waals surface area contributed by atoms with Gasteiger partial charge in [-0.15, -0.1) is 0 Å². The van der Waals surface area contributed by atoms with Crippen LogP contribution in [0, 0.1) is 5.92 Å². The molecule has 20 heavy (non-hydrogen) atoms. The van der Waals surface area contributed by atoms with Crippen LogP contribution >= 0.6 is 0 Å². The van der Waals surface area contributed by atoms with Crippen molar-refractivity contribution in [1.82, 2.24) is 4.90 Å². The first kappa shape index (κ1) is 13.2. The van der Waals surface area contributed by atoms with Gasteiger partial charge in [-0.3, -0.25) is 14.5 Å². The second kappa shape index (κ2) is 5.27. The summed E-state index contributed by atoms with van der Waals surface area (Å²) in [5.74, 6) is 0.326. The molecule has 1 aliphatic heterocycles. The molecule has 1 heterocycles. The molecule has 2 amide bonds. The quantitative estimate of drug-likeness (QED) is 0.861. The van der Waals surface area contributed by atoms with E-state index in [2.05, 4.69) is 5.32 Å². The van der Waals surface area contributed by atoms with Gasteiger partial charge in [-0.2, -0.15) is 0 Å². The number of hydrogen-bond donors (Lipinski definition) is 1. The van der Waals surface area contributed by atoms with Crippen molar-refractivity contribution >= 4 is 17.5 Å². The highest BCUT2D eigenvalue weighted by Gasteiger charge is 2.32. The summed E-state index contributed by atoms with van der Waals surface area (Å²) in [5.41, 5.74) is 1.97. The van der Waals surface area contributed by atoms with Gasteiger partial charge in [0, 0.05) is 19.3 Å². The first-order chi connectivity index (χ1) is 9.66. The van der Waals surface area contributed by atoms with Crippen LogP contribution in [0.4, 0.5) is 5.69 Å². The number of nitrogens with one attached hydrogen (secondary N) is 1. The van der Waals surface area contributed by atoms with Crippen LogP contribution in [0.25, 0.3) is 0 Å². The maximum absolute atomic E-state index is 11.9. The first-order valence-electron chi connectivity index (χ1n) is 7.37. The summed E-state index contributed by atoms with van der Waals surface area (Å²) in [7, 11) is 1.53. The summed E-state index contributed by atoms with van der Waals surface area (Å²) in [4.78, 5) is 24.9. The molecule has 3 rings (SSSR count). The molecular weight excluding hydrogens is 252 g/mol. The van der Waals surface area contributed by atoms with E-state index >= 15 is 0 Å². The largest absolute Gasteiger partial charge is 0.385 e. The smallest absolute Gasteiger partial charge is 0.261 e. The van der Waals surface area contributed by atoms with Crippen molar-refractivity contribution in [1.29, 1.82) is 0 Å². The zero-order valence-corrected chi connectivity index (χ0v) is 11.8. The molecule has 1 aromatic carbocycles. The molecule has 0 bridgehead atoms. The van der Waals surface area contributed by atoms with Crippen LogP contribution in [0.1, 0.15) is 52.8 Å². The molecular formula is C16H20N2O2. The summed E-state index contributed by atoms with van der Waals surface area (Å²) < 4.78 is 0. The highest BCUT2D eigenvalue weighted by atomic mass is 16.2. The maximum Gasteiger partial charge on any atom is 0.261 e. The number of hydrogen-bond acceptors (Lipinski definition) is 3. The van der Waals surface area contributed by atoms with Gasteiger partial charge in [0.1, 0.15) is 0 Å². The molecule has 0 unspecified atom stereocenters. The molecule has 1 aliphatic carbocycles. The number of carbonyl (C=O) groups excluding carboxylic acids is 2. The minimum Gasteiger partial charge on any atom is -0.385 e. The fraction of sp³-hybridized carbons (Fsp3) is 0.500. The van der Waals surface area contributed by atoms with Crippen LogP contribution in [0.3, 0.4) is 0 Å². The zero-order chi connectivity index (χ0) is 14.1. The number of nitrogens with zero attached hydrogens (tertiary/aromatic N) is 1. The zero-order valence-electron chi connectivity index (χ0n) is 11.8. The lowest BCUT2D eigenvalue weighted by molar-refractivity contribution is 0.0693. The molecule has 0 spiro atoms. The van der Waals surface area contributed by atoms with E-state index < -0.39 is 0 Å². The molecule has 4 heteroatoms. The van der Waals surface area contributed by atoms with E-state index in [9.17, 15) is 9.59 Å². The lowest BCUT2D eigenvalue weighted by Crippen LogP contribution is -2.24. The Labute approximate surface area is 119 Å². The first-order valence-corrected chi connectivity index (χ1v) is 7.37. The van der Waals surface area contributed by atoms with Crippen molar-refractivity contribution in [3.05, 3.63) is 29.3 Å². The van der Waals surface area contributed by atoms with Crippen LogP contribution in [0.5, 0.6) is 0 Å². The van der Waals surface area contributed by atoms with Crippen LogP contribution in [-0.2, 0) is 0 Å². The van der Waals surface area contributed by atoms with E-state index in [0.717, 1.165) is 18.2 Å². The van der Waals surface area contributed by atoms with Gasteiger partial charge in [0.05, 0.1) is 11.1 Å². The Hall–Kier alpha value is -1.84. The second-order valence-electron chi connectivity index (χ2n) is 5.81. The Balaban J connectivity index is 1.70. The van der Waals surface area contributed by atoms with Gasteiger partial charge in [0.2, 0.25) is 0 Å². The van der Waals surface area contributed by atoms with Gasteiger partial charge in [0.25, 0.3) is 11.8 Å². The SMILES string of the molecule is CN1C(=O)c2ccc(NCC3CCCCC3)cc2C1=O. The number of anilines is 1. The van der Waals surface area contributed by atoms with Crippen LogP contribution in [0.15, 0.2) is 18.2 Å². The van der Waals surface area contributed by atoms with Crippen molar-refractivity contribution in [2.45, 2.75) is 32.1 Å². The molecule has 1 N–H and O–H groups in total. The number of benzene rings is 1. The third kappa shape index (κ3) is 2.30. The minimum absolute atomic E-state index is 0.202. The van der Waals surface area contributed by atoms with E-state index in [-0.39, 0.29) is 11.8 Å². The lowest BCUT2D eigenvalue weighted by Gasteiger charge is -2.22. The molecule has 1 fully saturated rings. The van der Waals surface area contributed by atoms with E-state index in [1.807, 2.05) is 12.1 Å². The van der Waals surface area contributed by atoms with Crippen molar-refractivity contribution in [3.8, 4) is 0 Å². The van der Waals surface area contributed by atoms with Gasteiger partial charge < -0.3 is 5.32 Å². The standard InChI is InChI=1S/C16H20N2O2/c1-18-15(19)13-8-7-12(9-14(13)16(18)20)17-10-11-5-3-2-4-6-11/h7-9,11,17H,2-6,10H2,1H3. The van der Waals surface area contributed by atoms with Crippen LogP contribution in [-0.4, -0.2) is 30.3 Å². The summed E-state index contributed by atoms with van der Waals surface area (Å²) >= 11 is 0. The number of fused-ring (bicyclic) bond motifs is 1. The topological polar surface area (TPSA) is 49.4 Å². The van der Waals surface area contributed by atoms with Gasteiger partial charge in [-0.25, -0.2) is 0 Å². The van der Waals surface area contributed by atoms with Crippen LogP contribution in [0.2, 0.25) is 0 Å². The Bertz CT molecular complexity index is 547. The summed E-state index contributed by atoms with van der Waals surface area (Å²) in [6.45, 7) is 0.955. The predicted molar refractivity (Wildman–Crippen MR) is 77.9 cm³/mol. The molecule has 2 aliphatic rings. The molecule has 0 radical (unpaired) electrons. The van der Waals surface area contributed by atoms with E-state index in [1.165, 1.54) is 44.1 Å². The number of imide groups is 1. The average Bonchev–Trinajstić information content (AvgIpc) is 2.71. The van der Waals surface area contributed by atoms with Crippen molar-refractivity contribution < 1.29 is 9.59 Å². The monoisotopic (exact) mass is 272 g/mol. The maximum atomic E-state index is 11.9. The third-order valence-corrected chi connectivity index (χ3v) is 4.41. The second-order valence-corrected chi connectivity index (χ2v) is 5.81. The number of rotatable bonds is 3. The highest BCUT2D eigenvalue weighted by molar-refractivity contribution is 6.21. The molecule has 0 atom stereocenters. The van der Waals surface area contributed by atoms with Gasteiger partial charge in [-0.1, -0.05) is 19.3 Å². The van der Waals surface area contributed by atoms with Gasteiger partial charge >= 0.3 is 0 Å². The normalized spacial score (nSPS) is 19.4. The Morgan fingerprint density at radius 1 is 1.10 bits per heavy atom. The highest BCUT2D eigenvalue weighted by Crippen LogP contribution is 2.27. The molecule has 1 saturated carbocycles. The van der Waals surface area contributed by atoms with Gasteiger partial charge in [-0.05, 0) is 37.0 Å². The number of amides is 2. The van der Waals surface area contributed by atoms with E-state index in [4.69, 9.17) is 0 Å². The lowest BCUT2D eigenvalue weighted by atomic mass is 9.89. The van der Waals surface area contributed by atoms with Crippen molar-refractivity contribution in [3.63, 3.8) is 0 Å². The third-order valence-electron chi connectivity index (χ3n) is 4.41. The molecule has 1 aromatic rings. The summed E-state index contributed by atoms with van der Waals surface area (Å²) in [6.07, 6.45) is 6.59. The Morgan fingerprint density at radius 2 is 1.80 bits per heavy atom. The fourth-order valence-electron chi connectivity index (χ4n) is 3.12. The average molecular weight is 272 g/mol. The molecule has 0 saturated heterocycles. The molecule has 0 aromatic heterocycles. The molecule has 106 valence electrons. The Kier molecular flexibility index (Phi) is 3.47. The summed E-state index contributed by atoms with van der Waals surface area (Å²) in [6, 6.07) is 5.45. The van der Waals surface area contributed by atoms with Crippen LogP contribution < -0.4 is 5.32 Å². The van der Waals surface area contributed by atoms with E-state index in [1.54, 1.807) is 6.07 Å². The fourth-order valence-corrected chi connectivity index (χ4v) is 3.12. The number of carbonyl (C=O) groups is 2.